The Hall–Kier alpha value is -3.35. The molecule has 0 bridgehead atoms. The molecule has 0 saturated carbocycles. The molecule has 2 aromatic carbocycles. The molecule has 0 spiro atoms. The monoisotopic (exact) mass is 378 g/mol. The maximum Gasteiger partial charge on any atom is 0.276 e. The Balaban J connectivity index is 1.62. The number of ether oxygens (including phenoxy) is 2. The fourth-order valence-electron chi connectivity index (χ4n) is 3.63. The van der Waals surface area contributed by atoms with Crippen LogP contribution in [0.5, 0.6) is 11.5 Å². The maximum absolute atomic E-state index is 13.2. The van der Waals surface area contributed by atoms with Crippen molar-refractivity contribution in [2.45, 2.75) is 18.9 Å². The number of carbonyl (C=O) groups is 1. The predicted octanol–water partition coefficient (Wildman–Crippen LogP) is 3.26. The third kappa shape index (κ3) is 3.31. The summed E-state index contributed by atoms with van der Waals surface area (Å²) in [6.45, 7) is 0.669. The van der Waals surface area contributed by atoms with Crippen LogP contribution in [0.25, 0.3) is 5.69 Å². The van der Waals surface area contributed by atoms with Crippen molar-refractivity contribution < 1.29 is 14.3 Å². The summed E-state index contributed by atoms with van der Waals surface area (Å²) in [6, 6.07) is 15.1. The van der Waals surface area contributed by atoms with Gasteiger partial charge >= 0.3 is 0 Å². The molecule has 1 aliphatic heterocycles. The van der Waals surface area contributed by atoms with E-state index in [4.69, 9.17) is 9.47 Å². The number of methoxy groups -OCH3 is 2. The first-order chi connectivity index (χ1) is 13.7. The van der Waals surface area contributed by atoms with Crippen molar-refractivity contribution in [3.05, 3.63) is 66.0 Å². The average molecular weight is 378 g/mol. The van der Waals surface area contributed by atoms with Crippen LogP contribution in [0, 0.1) is 0 Å². The molecule has 28 heavy (non-hydrogen) atoms. The summed E-state index contributed by atoms with van der Waals surface area (Å²) >= 11 is 0. The second-order valence-electron chi connectivity index (χ2n) is 6.62. The van der Waals surface area contributed by atoms with Gasteiger partial charge in [0.1, 0.15) is 11.5 Å². The van der Waals surface area contributed by atoms with Crippen molar-refractivity contribution in [3.63, 3.8) is 0 Å². The molecule has 1 fully saturated rings. The number of hydrogen-bond donors (Lipinski definition) is 0. The lowest BCUT2D eigenvalue weighted by atomic mass is 10.0. The molecule has 144 valence electrons. The average Bonchev–Trinajstić information content (AvgIpc) is 3.43. The quantitative estimate of drug-likeness (QED) is 0.682. The van der Waals surface area contributed by atoms with Crippen LogP contribution in [0.15, 0.2) is 54.7 Å². The summed E-state index contributed by atoms with van der Waals surface area (Å²) < 4.78 is 10.9. The van der Waals surface area contributed by atoms with Crippen LogP contribution >= 0.6 is 0 Å². The molecule has 7 nitrogen and oxygen atoms in total. The molecule has 1 aromatic heterocycles. The second-order valence-corrected chi connectivity index (χ2v) is 6.62. The van der Waals surface area contributed by atoms with Crippen molar-refractivity contribution in [2.75, 3.05) is 20.8 Å². The number of rotatable bonds is 5. The van der Waals surface area contributed by atoms with E-state index in [9.17, 15) is 4.79 Å². The van der Waals surface area contributed by atoms with Crippen LogP contribution in [0.4, 0.5) is 0 Å². The smallest absolute Gasteiger partial charge is 0.276 e. The highest BCUT2D eigenvalue weighted by molar-refractivity contribution is 5.92. The molecule has 1 atom stereocenters. The summed E-state index contributed by atoms with van der Waals surface area (Å²) in [5, 5.41) is 8.64. The standard InChI is InChI=1S/C21H22N4O3/c1-27-16-10-11-20(28-2)17(13-16)19-9-6-12-24(19)21(26)18-14-22-25(23-18)15-7-4-3-5-8-15/h3-5,7-8,10-11,13-14,19H,6,9,12H2,1-2H3/t19-/m1/s1. The lowest BCUT2D eigenvalue weighted by Crippen LogP contribution is -2.31. The van der Waals surface area contributed by atoms with Gasteiger partial charge in [0.15, 0.2) is 5.69 Å². The number of nitrogens with zero attached hydrogens (tertiary/aromatic N) is 4. The van der Waals surface area contributed by atoms with Crippen molar-refractivity contribution in [1.29, 1.82) is 0 Å². The molecule has 3 aromatic rings. The molecule has 0 N–H and O–H groups in total. The summed E-state index contributed by atoms with van der Waals surface area (Å²) in [5.41, 5.74) is 2.09. The topological polar surface area (TPSA) is 69.5 Å². The molecular formula is C21H22N4O3. The van der Waals surface area contributed by atoms with E-state index in [0.29, 0.717) is 12.2 Å². The largest absolute Gasteiger partial charge is 0.497 e. The number of benzene rings is 2. The lowest BCUT2D eigenvalue weighted by Gasteiger charge is -2.26. The molecule has 1 amide bonds. The van der Waals surface area contributed by atoms with Crippen molar-refractivity contribution in [2.24, 2.45) is 0 Å². The van der Waals surface area contributed by atoms with Crippen LogP contribution < -0.4 is 9.47 Å². The number of likely N-dealkylation sites (tertiary alicyclic amines) is 1. The number of aromatic nitrogens is 3. The van der Waals surface area contributed by atoms with Gasteiger partial charge in [-0.3, -0.25) is 4.79 Å². The number of para-hydroxylation sites is 1. The van der Waals surface area contributed by atoms with Gasteiger partial charge in [-0.2, -0.15) is 9.90 Å². The van der Waals surface area contributed by atoms with Crippen LogP contribution in [0.1, 0.15) is 34.9 Å². The van der Waals surface area contributed by atoms with Crippen molar-refractivity contribution in [3.8, 4) is 17.2 Å². The lowest BCUT2D eigenvalue weighted by molar-refractivity contribution is 0.0727. The minimum absolute atomic E-state index is 0.0839. The summed E-state index contributed by atoms with van der Waals surface area (Å²) in [4.78, 5) is 16.5. The minimum atomic E-state index is -0.130. The third-order valence-corrected chi connectivity index (χ3v) is 5.01. The Kier molecular flexibility index (Phi) is 4.97. The number of carbonyl (C=O) groups excluding carboxylic acids is 1. The maximum atomic E-state index is 13.2. The Bertz CT molecular complexity index is 971. The van der Waals surface area contributed by atoms with Crippen molar-refractivity contribution >= 4 is 5.91 Å². The molecular weight excluding hydrogens is 356 g/mol. The number of amides is 1. The van der Waals surface area contributed by atoms with E-state index in [1.54, 1.807) is 14.2 Å². The van der Waals surface area contributed by atoms with Gasteiger partial charge in [-0.25, -0.2) is 0 Å². The second kappa shape index (κ2) is 7.72. The van der Waals surface area contributed by atoms with Crippen LogP contribution in [-0.2, 0) is 0 Å². The first-order valence-electron chi connectivity index (χ1n) is 9.22. The highest BCUT2D eigenvalue weighted by Gasteiger charge is 2.34. The van der Waals surface area contributed by atoms with Gasteiger partial charge in [-0.1, -0.05) is 18.2 Å². The number of hydrogen-bond acceptors (Lipinski definition) is 5. The van der Waals surface area contributed by atoms with Gasteiger partial charge < -0.3 is 14.4 Å². The minimum Gasteiger partial charge on any atom is -0.497 e. The Morgan fingerprint density at radius 1 is 1.11 bits per heavy atom. The fraction of sp³-hybridized carbons (Fsp3) is 0.286. The van der Waals surface area contributed by atoms with E-state index in [1.165, 1.54) is 11.0 Å². The van der Waals surface area contributed by atoms with E-state index in [0.717, 1.165) is 35.6 Å². The summed E-state index contributed by atoms with van der Waals surface area (Å²) in [6.07, 6.45) is 3.30. The normalized spacial score (nSPS) is 16.2. The van der Waals surface area contributed by atoms with Gasteiger partial charge in [0, 0.05) is 12.1 Å². The van der Waals surface area contributed by atoms with Gasteiger partial charge in [-0.15, -0.1) is 5.10 Å². The Labute approximate surface area is 163 Å². The van der Waals surface area contributed by atoms with E-state index < -0.39 is 0 Å². The van der Waals surface area contributed by atoms with Gasteiger partial charge in [0.25, 0.3) is 5.91 Å². The molecule has 1 aliphatic rings. The van der Waals surface area contributed by atoms with Gasteiger partial charge in [-0.05, 0) is 43.2 Å². The van der Waals surface area contributed by atoms with Gasteiger partial charge in [0.05, 0.1) is 32.1 Å². The molecule has 1 saturated heterocycles. The van der Waals surface area contributed by atoms with E-state index in [-0.39, 0.29) is 11.9 Å². The highest BCUT2D eigenvalue weighted by Crippen LogP contribution is 2.39. The molecule has 0 aliphatic carbocycles. The Morgan fingerprint density at radius 2 is 1.93 bits per heavy atom. The predicted molar refractivity (Wildman–Crippen MR) is 104 cm³/mol. The van der Waals surface area contributed by atoms with Crippen LogP contribution in [0.3, 0.4) is 0 Å². The first kappa shape index (κ1) is 18.0. The zero-order valence-corrected chi connectivity index (χ0v) is 15.9. The van der Waals surface area contributed by atoms with E-state index in [2.05, 4.69) is 10.2 Å². The van der Waals surface area contributed by atoms with Crippen LogP contribution in [0.2, 0.25) is 0 Å². The van der Waals surface area contributed by atoms with E-state index in [1.807, 2.05) is 53.4 Å². The highest BCUT2D eigenvalue weighted by atomic mass is 16.5. The Morgan fingerprint density at radius 3 is 2.68 bits per heavy atom. The van der Waals surface area contributed by atoms with E-state index >= 15 is 0 Å². The molecule has 0 unspecified atom stereocenters. The molecule has 2 heterocycles. The zero-order valence-electron chi connectivity index (χ0n) is 15.9. The zero-order chi connectivity index (χ0) is 19.5. The molecule has 0 radical (unpaired) electrons. The third-order valence-electron chi connectivity index (χ3n) is 5.01. The SMILES string of the molecule is COc1ccc(OC)c([C@H]2CCCN2C(=O)c2cnn(-c3ccccc3)n2)c1. The van der Waals surface area contributed by atoms with Gasteiger partial charge in [0.2, 0.25) is 0 Å². The molecule has 7 heteroatoms. The molecule has 4 rings (SSSR count). The van der Waals surface area contributed by atoms with Crippen molar-refractivity contribution in [1.82, 2.24) is 19.9 Å². The summed E-state index contributed by atoms with van der Waals surface area (Å²) in [5.74, 6) is 1.36. The fourth-order valence-corrected chi connectivity index (χ4v) is 3.63. The van der Waals surface area contributed by atoms with Crippen LogP contribution in [-0.4, -0.2) is 46.6 Å². The summed E-state index contributed by atoms with van der Waals surface area (Å²) in [7, 11) is 3.27. The first-order valence-corrected chi connectivity index (χ1v) is 9.22.